The van der Waals surface area contributed by atoms with Gasteiger partial charge in [-0.1, -0.05) is 61.5 Å². The highest BCUT2D eigenvalue weighted by Gasteiger charge is 2.40. The first-order chi connectivity index (χ1) is 25.2. The number of hydrogen-bond acceptors (Lipinski definition) is 6. The first kappa shape index (κ1) is 37.3. The van der Waals surface area contributed by atoms with Gasteiger partial charge in [-0.15, -0.1) is 0 Å². The van der Waals surface area contributed by atoms with E-state index in [1.165, 1.54) is 0 Å². The van der Waals surface area contributed by atoms with Gasteiger partial charge in [-0.3, -0.25) is 24.0 Å². The number of benzene rings is 3. The molecule has 0 aliphatic carbocycles. The van der Waals surface area contributed by atoms with E-state index in [1.54, 1.807) is 51.7 Å². The van der Waals surface area contributed by atoms with Crippen LogP contribution in [0.3, 0.4) is 0 Å². The molecule has 3 aromatic carbocycles. The Morgan fingerprint density at radius 3 is 2.42 bits per heavy atom. The molecule has 3 heterocycles. The van der Waals surface area contributed by atoms with Crippen LogP contribution in [0.5, 0.6) is 0 Å². The summed E-state index contributed by atoms with van der Waals surface area (Å²) in [5.74, 6) is -0.353. The third-order valence-corrected chi connectivity index (χ3v) is 9.86. The van der Waals surface area contributed by atoms with Gasteiger partial charge in [0, 0.05) is 42.8 Å². The second-order valence-corrected chi connectivity index (χ2v) is 15.5. The van der Waals surface area contributed by atoms with Crippen LogP contribution in [-0.4, -0.2) is 78.9 Å². The number of carbonyl (C=O) groups is 4. The van der Waals surface area contributed by atoms with Gasteiger partial charge in [0.25, 0.3) is 0 Å². The zero-order valence-electron chi connectivity index (χ0n) is 31.3. The predicted octanol–water partition coefficient (Wildman–Crippen LogP) is 6.00. The number of H-pyrrole nitrogens is 1. The molecule has 1 fully saturated rings. The zero-order chi connectivity index (χ0) is 37.9. The number of hydrogen-bond donors (Lipinski definition) is 3. The fourth-order valence-corrected chi connectivity index (χ4v) is 6.70. The van der Waals surface area contributed by atoms with Gasteiger partial charge in [-0.05, 0) is 87.4 Å². The fraction of sp³-hybridized carbons (Fsp3) is 0.390. The Kier molecular flexibility index (Phi) is 10.7. The number of piperidine rings is 1. The fourth-order valence-electron chi connectivity index (χ4n) is 6.70. The van der Waals surface area contributed by atoms with Gasteiger partial charge in [0.15, 0.2) is 5.82 Å². The number of para-hydroxylation sites is 1. The minimum atomic E-state index is -1.46. The normalized spacial score (nSPS) is 15.2. The number of amides is 4. The molecule has 3 N–H and O–H groups in total. The summed E-state index contributed by atoms with van der Waals surface area (Å²) in [6, 6.07) is 20.0. The maximum Gasteiger partial charge on any atom is 0.250 e. The van der Waals surface area contributed by atoms with E-state index in [9.17, 15) is 19.2 Å². The molecule has 5 aromatic rings. The molecule has 0 saturated carbocycles. The van der Waals surface area contributed by atoms with Crippen molar-refractivity contribution in [2.24, 2.45) is 5.92 Å². The molecule has 1 saturated heterocycles. The number of fused-ring (bicyclic) bond motifs is 2. The summed E-state index contributed by atoms with van der Waals surface area (Å²) in [6.45, 7) is 12.0. The Balaban J connectivity index is 1.29. The van der Waals surface area contributed by atoms with Crippen LogP contribution in [0.1, 0.15) is 71.6 Å². The second-order valence-electron chi connectivity index (χ2n) is 15.5. The minimum Gasteiger partial charge on any atom is -0.361 e. The number of likely N-dealkylation sites (tertiary alicyclic amines) is 1. The average molecular weight is 720 g/mol. The van der Waals surface area contributed by atoms with Gasteiger partial charge in [-0.2, -0.15) is 0 Å². The van der Waals surface area contributed by atoms with Gasteiger partial charge in [0.1, 0.15) is 17.6 Å². The monoisotopic (exact) mass is 719 g/mol. The predicted molar refractivity (Wildman–Crippen MR) is 205 cm³/mol. The molecule has 278 valence electrons. The van der Waals surface area contributed by atoms with E-state index in [1.807, 2.05) is 77.8 Å². The average Bonchev–Trinajstić information content (AvgIpc) is 3.77. The van der Waals surface area contributed by atoms with E-state index in [0.717, 1.165) is 50.7 Å². The number of nitrogens with one attached hydrogen (secondary N) is 3. The van der Waals surface area contributed by atoms with Crippen molar-refractivity contribution in [1.29, 1.82) is 0 Å². The molecule has 1 aliphatic rings. The molecule has 1 aliphatic heterocycles. The van der Waals surface area contributed by atoms with E-state index >= 15 is 0 Å². The maximum absolute atomic E-state index is 14.2. The van der Waals surface area contributed by atoms with Gasteiger partial charge in [-0.25, -0.2) is 10.0 Å². The highest BCUT2D eigenvalue weighted by atomic mass is 16.7. The maximum atomic E-state index is 14.2. The molecular formula is C41H49N7O5. The van der Waals surface area contributed by atoms with Crippen LogP contribution in [0.4, 0.5) is 5.82 Å². The van der Waals surface area contributed by atoms with Crippen LogP contribution in [-0.2, 0) is 30.4 Å². The van der Waals surface area contributed by atoms with Gasteiger partial charge in [0.2, 0.25) is 24.1 Å². The number of aromatic nitrogens is 3. The third-order valence-electron chi connectivity index (χ3n) is 9.86. The molecule has 2 atom stereocenters. The van der Waals surface area contributed by atoms with Gasteiger partial charge < -0.3 is 25.1 Å². The number of imidazole rings is 1. The number of hydroxylamine groups is 2. The number of aromatic amines is 1. The molecule has 53 heavy (non-hydrogen) atoms. The van der Waals surface area contributed by atoms with Crippen LogP contribution in [0, 0.1) is 5.92 Å². The van der Waals surface area contributed by atoms with Crippen LogP contribution in [0.2, 0.25) is 0 Å². The van der Waals surface area contributed by atoms with E-state index in [-0.39, 0.29) is 18.1 Å². The third kappa shape index (κ3) is 8.44. The van der Waals surface area contributed by atoms with E-state index in [4.69, 9.17) is 4.84 Å². The molecule has 0 spiro atoms. The Hall–Kier alpha value is -5.49. The molecule has 1 unspecified atom stereocenters. The lowest BCUT2D eigenvalue weighted by Gasteiger charge is -2.37. The first-order valence-corrected chi connectivity index (χ1v) is 18.1. The van der Waals surface area contributed by atoms with Crippen molar-refractivity contribution in [2.45, 2.75) is 84.0 Å². The zero-order valence-corrected chi connectivity index (χ0v) is 31.3. The van der Waals surface area contributed by atoms with Crippen molar-refractivity contribution in [3.05, 3.63) is 96.6 Å². The summed E-state index contributed by atoms with van der Waals surface area (Å²) in [5, 5.41) is 9.73. The lowest BCUT2D eigenvalue weighted by atomic mass is 9.96. The summed E-state index contributed by atoms with van der Waals surface area (Å²) >= 11 is 0. The molecule has 12 nitrogen and oxygen atoms in total. The number of rotatable bonds is 12. The van der Waals surface area contributed by atoms with Gasteiger partial charge >= 0.3 is 0 Å². The first-order valence-electron chi connectivity index (χ1n) is 18.1. The lowest BCUT2D eigenvalue weighted by Crippen LogP contribution is -2.59. The molecule has 2 aromatic heterocycles. The number of nitrogens with zero attached hydrogens (tertiary/aromatic N) is 4. The Labute approximate surface area is 309 Å². The summed E-state index contributed by atoms with van der Waals surface area (Å²) in [5.41, 5.74) is 0.309. The van der Waals surface area contributed by atoms with E-state index in [2.05, 4.69) is 27.5 Å². The van der Waals surface area contributed by atoms with Crippen molar-refractivity contribution in [1.82, 2.24) is 29.8 Å². The lowest BCUT2D eigenvalue weighted by molar-refractivity contribution is -0.247. The van der Waals surface area contributed by atoms with Crippen molar-refractivity contribution in [3.8, 4) is 0 Å². The van der Waals surface area contributed by atoms with Crippen molar-refractivity contribution < 1.29 is 24.0 Å². The molecule has 0 bridgehead atoms. The highest BCUT2D eigenvalue weighted by molar-refractivity contribution is 5.99. The Morgan fingerprint density at radius 1 is 1.00 bits per heavy atom. The topological polar surface area (TPSA) is 142 Å². The van der Waals surface area contributed by atoms with E-state index in [0.29, 0.717) is 25.4 Å². The SMILES string of the molecule is CC1CCN(C(=O)C(c2ccc3ccccc3c2)n2cnc(NC(=O)[C@@H](Cc3c[nH]c4ccccc34)NC(=O)C(C)(C)N(C=O)OC(C)(C)C)c2)CC1. The smallest absolute Gasteiger partial charge is 0.250 e. The summed E-state index contributed by atoms with van der Waals surface area (Å²) in [4.78, 5) is 69.8. The van der Waals surface area contributed by atoms with Crippen LogP contribution in [0.15, 0.2) is 85.5 Å². The summed E-state index contributed by atoms with van der Waals surface area (Å²) < 4.78 is 1.74. The number of carbonyl (C=O) groups excluding carboxylic acids is 4. The quantitative estimate of drug-likeness (QED) is 0.107. The number of anilines is 1. The van der Waals surface area contributed by atoms with Crippen LogP contribution in [0.25, 0.3) is 21.7 Å². The van der Waals surface area contributed by atoms with Crippen LogP contribution < -0.4 is 10.6 Å². The summed E-state index contributed by atoms with van der Waals surface area (Å²) in [7, 11) is 0. The summed E-state index contributed by atoms with van der Waals surface area (Å²) in [6.07, 6.45) is 7.52. The van der Waals surface area contributed by atoms with Crippen molar-refractivity contribution >= 4 is 51.6 Å². The van der Waals surface area contributed by atoms with E-state index < -0.39 is 35.0 Å². The largest absolute Gasteiger partial charge is 0.361 e. The standard InChI is InChI=1S/C41H49N7O5/c1-27-17-19-46(20-18-27)38(51)36(30-16-15-28-11-7-8-12-29(28)21-30)47-24-35(43-25-47)45-37(50)34(22-31-23-42-33-14-10-9-13-32(31)33)44-39(52)41(5,6)48(26-49)53-40(2,3)4/h7-16,21,23-27,34,36,42H,17-20,22H2,1-6H3,(H,44,52)(H,45,50)/t34-,36?/m1/s1. The second kappa shape index (κ2) is 15.2. The van der Waals surface area contributed by atoms with Crippen molar-refractivity contribution in [3.63, 3.8) is 0 Å². The molecular weight excluding hydrogens is 670 g/mol. The Morgan fingerprint density at radius 2 is 1.70 bits per heavy atom. The molecule has 0 radical (unpaired) electrons. The van der Waals surface area contributed by atoms with Crippen molar-refractivity contribution in [2.75, 3.05) is 18.4 Å². The minimum absolute atomic E-state index is 0.0358. The molecule has 6 rings (SSSR count). The molecule has 4 amide bonds. The Bertz CT molecular complexity index is 2100. The highest BCUT2D eigenvalue weighted by Crippen LogP contribution is 2.29. The van der Waals surface area contributed by atoms with Crippen LogP contribution >= 0.6 is 0 Å². The van der Waals surface area contributed by atoms with Gasteiger partial charge in [0.05, 0.1) is 11.9 Å². The molecule has 12 heteroatoms.